The van der Waals surface area contributed by atoms with E-state index >= 15 is 0 Å². The SMILES string of the molecule is COCCn1cc(NCCC(C)c2ccccc2)cn1. The molecule has 0 radical (unpaired) electrons. The van der Waals surface area contributed by atoms with E-state index in [0.717, 1.165) is 25.2 Å². The van der Waals surface area contributed by atoms with Gasteiger partial charge in [0, 0.05) is 19.9 Å². The number of benzene rings is 1. The van der Waals surface area contributed by atoms with Crippen molar-refractivity contribution in [1.29, 1.82) is 0 Å². The number of nitrogens with zero attached hydrogens (tertiary/aromatic N) is 2. The fraction of sp³-hybridized carbons (Fsp3) is 0.438. The predicted octanol–water partition coefficient (Wildman–Crippen LogP) is 3.14. The summed E-state index contributed by atoms with van der Waals surface area (Å²) in [6, 6.07) is 10.6. The van der Waals surface area contributed by atoms with Crippen molar-refractivity contribution in [3.63, 3.8) is 0 Å². The number of hydrogen-bond donors (Lipinski definition) is 1. The van der Waals surface area contributed by atoms with Gasteiger partial charge in [0.1, 0.15) is 0 Å². The maximum Gasteiger partial charge on any atom is 0.0726 e. The molecule has 2 rings (SSSR count). The molecule has 20 heavy (non-hydrogen) atoms. The Labute approximate surface area is 120 Å². The number of anilines is 1. The number of ether oxygens (including phenoxy) is 1. The van der Waals surface area contributed by atoms with E-state index in [4.69, 9.17) is 4.74 Å². The van der Waals surface area contributed by atoms with Crippen LogP contribution in [0.5, 0.6) is 0 Å². The van der Waals surface area contributed by atoms with Crippen molar-refractivity contribution in [2.45, 2.75) is 25.8 Å². The Morgan fingerprint density at radius 1 is 1.30 bits per heavy atom. The summed E-state index contributed by atoms with van der Waals surface area (Å²) in [5.74, 6) is 0.562. The molecule has 1 unspecified atom stereocenters. The molecule has 0 saturated heterocycles. The number of hydrogen-bond acceptors (Lipinski definition) is 3. The smallest absolute Gasteiger partial charge is 0.0726 e. The van der Waals surface area contributed by atoms with E-state index in [1.807, 2.05) is 17.1 Å². The van der Waals surface area contributed by atoms with Crippen molar-refractivity contribution in [2.75, 3.05) is 25.6 Å². The molecule has 4 nitrogen and oxygen atoms in total. The molecule has 108 valence electrons. The Kier molecular flexibility index (Phi) is 5.62. The number of aromatic nitrogens is 2. The molecule has 0 saturated carbocycles. The minimum absolute atomic E-state index is 0.562. The van der Waals surface area contributed by atoms with Crippen LogP contribution in [0.4, 0.5) is 5.69 Å². The number of rotatable bonds is 8. The summed E-state index contributed by atoms with van der Waals surface area (Å²) >= 11 is 0. The van der Waals surface area contributed by atoms with Gasteiger partial charge in [0.05, 0.1) is 25.0 Å². The first-order chi connectivity index (χ1) is 9.79. The molecular formula is C16H23N3O. The molecular weight excluding hydrogens is 250 g/mol. The van der Waals surface area contributed by atoms with Crippen molar-refractivity contribution in [2.24, 2.45) is 0 Å². The van der Waals surface area contributed by atoms with Crippen molar-refractivity contribution in [1.82, 2.24) is 9.78 Å². The summed E-state index contributed by atoms with van der Waals surface area (Å²) in [5, 5.41) is 7.70. The summed E-state index contributed by atoms with van der Waals surface area (Å²) in [7, 11) is 1.70. The van der Waals surface area contributed by atoms with E-state index < -0.39 is 0 Å². The van der Waals surface area contributed by atoms with Crippen molar-refractivity contribution in [3.05, 3.63) is 48.3 Å². The molecule has 0 aliphatic rings. The van der Waals surface area contributed by atoms with Gasteiger partial charge in [-0.15, -0.1) is 0 Å². The van der Waals surface area contributed by atoms with Gasteiger partial charge >= 0.3 is 0 Å². The number of methoxy groups -OCH3 is 1. The summed E-state index contributed by atoms with van der Waals surface area (Å²) in [6.45, 7) is 4.69. The lowest BCUT2D eigenvalue weighted by Crippen LogP contribution is -2.06. The Hall–Kier alpha value is -1.81. The van der Waals surface area contributed by atoms with E-state index in [9.17, 15) is 0 Å². The fourth-order valence-electron chi connectivity index (χ4n) is 2.14. The lowest BCUT2D eigenvalue weighted by atomic mass is 9.98. The molecule has 4 heteroatoms. The molecule has 1 atom stereocenters. The maximum absolute atomic E-state index is 5.04. The Bertz CT molecular complexity index is 495. The first-order valence-corrected chi connectivity index (χ1v) is 7.10. The van der Waals surface area contributed by atoms with Gasteiger partial charge in [0.25, 0.3) is 0 Å². The van der Waals surface area contributed by atoms with Gasteiger partial charge in [-0.3, -0.25) is 4.68 Å². The highest BCUT2D eigenvalue weighted by Crippen LogP contribution is 2.18. The largest absolute Gasteiger partial charge is 0.383 e. The van der Waals surface area contributed by atoms with Gasteiger partial charge in [-0.1, -0.05) is 37.3 Å². The van der Waals surface area contributed by atoms with E-state index in [-0.39, 0.29) is 0 Å². The van der Waals surface area contributed by atoms with Crippen LogP contribution in [0.25, 0.3) is 0 Å². The zero-order valence-corrected chi connectivity index (χ0v) is 12.2. The second-order valence-electron chi connectivity index (χ2n) is 5.01. The standard InChI is InChI=1S/C16H23N3O/c1-14(15-6-4-3-5-7-15)8-9-17-16-12-18-19(13-16)10-11-20-2/h3-7,12-14,17H,8-11H2,1-2H3. The van der Waals surface area contributed by atoms with Crippen molar-refractivity contribution < 1.29 is 4.74 Å². The molecule has 1 N–H and O–H groups in total. The highest BCUT2D eigenvalue weighted by atomic mass is 16.5. The Balaban J connectivity index is 1.74. The lowest BCUT2D eigenvalue weighted by Gasteiger charge is -2.12. The van der Waals surface area contributed by atoms with Crippen molar-refractivity contribution in [3.8, 4) is 0 Å². The van der Waals surface area contributed by atoms with Crippen LogP contribution in [0.15, 0.2) is 42.7 Å². The molecule has 2 aromatic rings. The van der Waals surface area contributed by atoms with Crippen LogP contribution in [-0.2, 0) is 11.3 Å². The first kappa shape index (κ1) is 14.6. The molecule has 0 aliphatic carbocycles. The quantitative estimate of drug-likeness (QED) is 0.803. The summed E-state index contributed by atoms with van der Waals surface area (Å²) in [5.41, 5.74) is 2.46. The Morgan fingerprint density at radius 2 is 2.10 bits per heavy atom. The summed E-state index contributed by atoms with van der Waals surface area (Å²) in [6.07, 6.45) is 4.99. The zero-order chi connectivity index (χ0) is 14.2. The van der Waals surface area contributed by atoms with Crippen LogP contribution in [0.2, 0.25) is 0 Å². The highest BCUT2D eigenvalue weighted by molar-refractivity contribution is 5.38. The molecule has 0 bridgehead atoms. The van der Waals surface area contributed by atoms with Crippen LogP contribution in [-0.4, -0.2) is 30.0 Å². The molecule has 0 amide bonds. The summed E-state index contributed by atoms with van der Waals surface area (Å²) in [4.78, 5) is 0. The molecule has 1 aromatic carbocycles. The normalized spacial score (nSPS) is 12.3. The highest BCUT2D eigenvalue weighted by Gasteiger charge is 2.04. The minimum Gasteiger partial charge on any atom is -0.383 e. The van der Waals surface area contributed by atoms with Crippen LogP contribution in [0.1, 0.15) is 24.8 Å². The molecule has 0 aliphatic heterocycles. The predicted molar refractivity (Wildman–Crippen MR) is 82.1 cm³/mol. The van der Waals surface area contributed by atoms with Gasteiger partial charge in [-0.05, 0) is 17.9 Å². The monoisotopic (exact) mass is 273 g/mol. The van der Waals surface area contributed by atoms with E-state index in [1.165, 1.54) is 5.56 Å². The molecule has 1 heterocycles. The third kappa shape index (κ3) is 4.38. The van der Waals surface area contributed by atoms with Crippen LogP contribution in [0.3, 0.4) is 0 Å². The average Bonchev–Trinajstić information content (AvgIpc) is 2.94. The van der Waals surface area contributed by atoms with Crippen LogP contribution < -0.4 is 5.32 Å². The molecule has 1 aromatic heterocycles. The fourth-order valence-corrected chi connectivity index (χ4v) is 2.14. The zero-order valence-electron chi connectivity index (χ0n) is 12.2. The van der Waals surface area contributed by atoms with E-state index in [2.05, 4.69) is 47.7 Å². The van der Waals surface area contributed by atoms with Gasteiger partial charge in [-0.25, -0.2) is 0 Å². The van der Waals surface area contributed by atoms with E-state index in [1.54, 1.807) is 7.11 Å². The van der Waals surface area contributed by atoms with Gasteiger partial charge < -0.3 is 10.1 Å². The van der Waals surface area contributed by atoms with Gasteiger partial charge in [-0.2, -0.15) is 5.10 Å². The van der Waals surface area contributed by atoms with Crippen molar-refractivity contribution >= 4 is 5.69 Å². The molecule has 0 spiro atoms. The third-order valence-electron chi connectivity index (χ3n) is 3.43. The van der Waals surface area contributed by atoms with Crippen LogP contribution in [0, 0.1) is 0 Å². The van der Waals surface area contributed by atoms with Gasteiger partial charge in [0.2, 0.25) is 0 Å². The molecule has 0 fully saturated rings. The van der Waals surface area contributed by atoms with E-state index in [0.29, 0.717) is 12.5 Å². The maximum atomic E-state index is 5.04. The second kappa shape index (κ2) is 7.70. The number of nitrogens with one attached hydrogen (secondary N) is 1. The third-order valence-corrected chi connectivity index (χ3v) is 3.43. The topological polar surface area (TPSA) is 39.1 Å². The average molecular weight is 273 g/mol. The minimum atomic E-state index is 0.562. The summed E-state index contributed by atoms with van der Waals surface area (Å²) < 4.78 is 6.93. The lowest BCUT2D eigenvalue weighted by molar-refractivity contribution is 0.183. The Morgan fingerprint density at radius 3 is 2.85 bits per heavy atom. The second-order valence-corrected chi connectivity index (χ2v) is 5.01. The van der Waals surface area contributed by atoms with Gasteiger partial charge in [0.15, 0.2) is 0 Å². The van der Waals surface area contributed by atoms with Crippen LogP contribution >= 0.6 is 0 Å². The first-order valence-electron chi connectivity index (χ1n) is 7.10.